The Morgan fingerprint density at radius 3 is 1.70 bits per heavy atom. The van der Waals surface area contributed by atoms with Crippen molar-refractivity contribution in [2.24, 2.45) is 4.99 Å². The van der Waals surface area contributed by atoms with Gasteiger partial charge in [0.05, 0.1) is 7.11 Å². The van der Waals surface area contributed by atoms with Gasteiger partial charge in [0, 0.05) is 17.3 Å². The van der Waals surface area contributed by atoms with E-state index in [2.05, 4.69) is 4.99 Å². The Bertz CT molecular complexity index is 1020. The van der Waals surface area contributed by atoms with Gasteiger partial charge in [-0.05, 0) is 30.9 Å². The van der Waals surface area contributed by atoms with E-state index in [0.717, 1.165) is 44.7 Å². The van der Waals surface area contributed by atoms with Crippen molar-refractivity contribution in [3.8, 4) is 11.5 Å². The van der Waals surface area contributed by atoms with Crippen molar-refractivity contribution in [1.82, 2.24) is 0 Å². The molecular weight excluding hydrogens is 615 g/mol. The van der Waals surface area contributed by atoms with E-state index in [0.29, 0.717) is 11.3 Å². The van der Waals surface area contributed by atoms with Crippen LogP contribution in [0.4, 0.5) is 27.6 Å². The zero-order chi connectivity index (χ0) is 27.4. The van der Waals surface area contributed by atoms with E-state index in [4.69, 9.17) is 21.8 Å². The summed E-state index contributed by atoms with van der Waals surface area (Å²) in [5, 5.41) is 11.0. The Balaban J connectivity index is 0.00000153. The number of methoxy groups -OCH3 is 1. The second-order valence-electron chi connectivity index (χ2n) is 8.86. The molecule has 2 aromatic rings. The van der Waals surface area contributed by atoms with E-state index < -0.39 is 55.6 Å². The van der Waals surface area contributed by atoms with Crippen molar-refractivity contribution < 1.29 is 52.6 Å². The van der Waals surface area contributed by atoms with Crippen LogP contribution in [0, 0.1) is 29.1 Å². The van der Waals surface area contributed by atoms with Crippen LogP contribution in [0.3, 0.4) is 0 Å². The second kappa shape index (κ2) is 16.7. The summed E-state index contributed by atoms with van der Waals surface area (Å²) < 4.78 is 73.7. The summed E-state index contributed by atoms with van der Waals surface area (Å²) in [5.41, 5.74) is -0.606. The Labute approximate surface area is 233 Å². The number of benzene rings is 2. The topological polar surface area (TPSA) is 41.8 Å². The average molecular weight is 646 g/mol. The molecule has 0 bridgehead atoms. The van der Waals surface area contributed by atoms with Crippen LogP contribution in [0.15, 0.2) is 17.1 Å². The summed E-state index contributed by atoms with van der Waals surface area (Å²) >= 11 is -0.826. The zero-order valence-corrected chi connectivity index (χ0v) is 24.5. The van der Waals surface area contributed by atoms with Gasteiger partial charge in [-0.15, -0.1) is 0 Å². The number of ether oxygens (including phenoxy) is 1. The maximum absolute atomic E-state index is 14.0. The van der Waals surface area contributed by atoms with E-state index in [-0.39, 0.29) is 17.2 Å². The van der Waals surface area contributed by atoms with Gasteiger partial charge in [0.2, 0.25) is 5.82 Å². The minimum absolute atomic E-state index is 0.0517. The number of phenolic OH excluding ortho intramolecular Hbond substituents is 1. The summed E-state index contributed by atoms with van der Waals surface area (Å²) in [5.74, 6) is -10.1. The number of aliphatic imine (C=N–C) groups is 1. The predicted octanol–water partition coefficient (Wildman–Crippen LogP) is 9.61. The molecule has 1 saturated carbocycles. The Kier molecular flexibility index (Phi) is 14.5. The summed E-state index contributed by atoms with van der Waals surface area (Å²) in [6, 6.07) is 3.14. The molecule has 0 saturated heterocycles. The molecule has 0 spiro atoms. The fraction of sp³-hybridized carbons (Fsp3) is 0.500. The maximum atomic E-state index is 14.0. The molecule has 1 fully saturated rings. The third-order valence-electron chi connectivity index (χ3n) is 6.44. The van der Waals surface area contributed by atoms with E-state index in [1.54, 1.807) is 6.07 Å². The molecule has 204 valence electrons. The molecule has 1 N–H and O–H groups in total. The van der Waals surface area contributed by atoms with Crippen molar-refractivity contribution in [2.45, 2.75) is 76.5 Å². The van der Waals surface area contributed by atoms with Crippen LogP contribution in [-0.4, -0.2) is 18.4 Å². The quantitative estimate of drug-likeness (QED) is 0.156. The van der Waals surface area contributed by atoms with Gasteiger partial charge in [-0.2, -0.15) is 0 Å². The third kappa shape index (κ3) is 9.21. The van der Waals surface area contributed by atoms with Gasteiger partial charge < -0.3 is 9.84 Å². The number of nitrogens with zero attached hydrogens (tertiary/aromatic N) is 1. The van der Waals surface area contributed by atoms with E-state index in [9.17, 15) is 27.1 Å². The average Bonchev–Trinajstić information content (AvgIpc) is 2.88. The molecular formula is C26H30Cl2F5NO2Zr. The van der Waals surface area contributed by atoms with Gasteiger partial charge in [-0.3, -0.25) is 0 Å². The molecule has 37 heavy (non-hydrogen) atoms. The molecule has 0 amide bonds. The Hall–Kier alpha value is -1.18. The third-order valence-corrected chi connectivity index (χ3v) is 6.44. The Morgan fingerprint density at radius 1 is 0.811 bits per heavy atom. The first-order chi connectivity index (χ1) is 17.8. The molecule has 0 heterocycles. The molecule has 0 aromatic heterocycles. The molecule has 0 atom stereocenters. The minimum atomic E-state index is -2.25. The first kappa shape index (κ1) is 32.0. The van der Waals surface area contributed by atoms with Crippen LogP contribution >= 0.6 is 17.0 Å². The van der Waals surface area contributed by atoms with Crippen LogP contribution in [-0.2, 0) is 20.8 Å². The molecule has 1 aliphatic carbocycles. The predicted molar refractivity (Wildman–Crippen MR) is 133 cm³/mol. The molecule has 2 aromatic carbocycles. The van der Waals surface area contributed by atoms with Crippen LogP contribution in [0.5, 0.6) is 11.5 Å². The number of aromatic hydroxyl groups is 1. The Morgan fingerprint density at radius 2 is 1.24 bits per heavy atom. The molecule has 0 radical (unpaired) electrons. The molecule has 11 heteroatoms. The molecule has 0 unspecified atom stereocenters. The molecule has 1 aliphatic rings. The number of hydrogen-bond donors (Lipinski definition) is 1. The number of hydrogen-bond acceptors (Lipinski definition) is 3. The monoisotopic (exact) mass is 643 g/mol. The van der Waals surface area contributed by atoms with E-state index in [1.165, 1.54) is 45.3 Å². The SMILES string of the molecule is COc1cc(C=Nc2c(F)c(F)c(F)c(F)c2F)c(O)c(C2CCCCCCCCCCC2)c1.[Cl][Zr][Cl]. The van der Waals surface area contributed by atoms with Crippen LogP contribution < -0.4 is 4.74 Å². The summed E-state index contributed by atoms with van der Waals surface area (Å²) in [6.07, 6.45) is 13.0. The number of rotatable bonds is 4. The molecule has 0 aliphatic heterocycles. The van der Waals surface area contributed by atoms with Gasteiger partial charge in [0.15, 0.2) is 23.3 Å². The first-order valence-corrected chi connectivity index (χ1v) is 18.5. The zero-order valence-electron chi connectivity index (χ0n) is 20.5. The van der Waals surface area contributed by atoms with Crippen molar-refractivity contribution in [3.63, 3.8) is 0 Å². The fourth-order valence-corrected chi connectivity index (χ4v) is 4.49. The van der Waals surface area contributed by atoms with Crippen molar-refractivity contribution in [3.05, 3.63) is 52.3 Å². The summed E-state index contributed by atoms with van der Waals surface area (Å²) in [7, 11) is 11.3. The van der Waals surface area contributed by atoms with Crippen molar-refractivity contribution in [2.75, 3.05) is 7.11 Å². The van der Waals surface area contributed by atoms with Crippen molar-refractivity contribution >= 4 is 28.9 Å². The summed E-state index contributed by atoms with van der Waals surface area (Å²) in [4.78, 5) is 3.51. The standard InChI is InChI=1S/C26H30F5NO2.2ClH.Zr/c1-34-18-13-17(15-32-25-23(30)21(28)20(27)22(29)24(25)31)26(33)19(14-18)16-11-9-7-5-3-2-4-6-8-10-12-16;;;/h13-16,33H,2-12H2,1H3;2*1H;/q;;;+2/p-2. The first-order valence-electron chi connectivity index (χ1n) is 12.2. The molecule has 3 rings (SSSR count). The van der Waals surface area contributed by atoms with Crippen LogP contribution in [0.1, 0.15) is 87.7 Å². The number of phenols is 1. The van der Waals surface area contributed by atoms with Crippen LogP contribution in [0.25, 0.3) is 0 Å². The van der Waals surface area contributed by atoms with E-state index in [1.807, 2.05) is 0 Å². The normalized spacial score (nSPS) is 15.9. The van der Waals surface area contributed by atoms with Gasteiger partial charge >= 0.3 is 37.9 Å². The van der Waals surface area contributed by atoms with Crippen molar-refractivity contribution in [1.29, 1.82) is 0 Å². The fourth-order valence-electron chi connectivity index (χ4n) is 4.49. The number of halogens is 7. The van der Waals surface area contributed by atoms with Gasteiger partial charge in [0.25, 0.3) is 0 Å². The molecule has 3 nitrogen and oxygen atoms in total. The van der Waals surface area contributed by atoms with Gasteiger partial charge in [-0.25, -0.2) is 26.9 Å². The van der Waals surface area contributed by atoms with E-state index >= 15 is 0 Å². The van der Waals surface area contributed by atoms with Gasteiger partial charge in [0.1, 0.15) is 17.2 Å². The van der Waals surface area contributed by atoms with Crippen LogP contribution in [0.2, 0.25) is 0 Å². The summed E-state index contributed by atoms with van der Waals surface area (Å²) in [6.45, 7) is 0. The van der Waals surface area contributed by atoms with Gasteiger partial charge in [-0.1, -0.05) is 57.8 Å². The second-order valence-corrected chi connectivity index (χ2v) is 12.6.